The molecule has 0 rings (SSSR count). The third kappa shape index (κ3) is 61.7. The van der Waals surface area contributed by atoms with Crippen molar-refractivity contribution in [3.05, 3.63) is 0 Å². The molecule has 0 aliphatic heterocycles. The summed E-state index contributed by atoms with van der Waals surface area (Å²) in [4.78, 5) is 0. The van der Waals surface area contributed by atoms with E-state index in [1.807, 2.05) is 0 Å². The Balaban J connectivity index is 0. The maximum absolute atomic E-state index is 2.58. The fraction of sp³-hybridized carbons (Fsp3) is 1.00. The van der Waals surface area contributed by atoms with Crippen molar-refractivity contribution in [1.29, 1.82) is 0 Å². The lowest BCUT2D eigenvalue weighted by atomic mass is 10.4. The Bertz CT molecular complexity index is 11.7. The molecule has 0 fully saturated rings. The molecule has 0 N–H and O–H groups in total. The fourth-order valence-electron chi connectivity index (χ4n) is 0. The van der Waals surface area contributed by atoms with Gasteiger partial charge < -0.3 is 0 Å². The van der Waals surface area contributed by atoms with Crippen LogP contribution in [0.25, 0.3) is 0 Å². The van der Waals surface area contributed by atoms with Crippen molar-refractivity contribution in [2.24, 2.45) is 0 Å². The van der Waals surface area contributed by atoms with Crippen molar-refractivity contribution in [3.63, 3.8) is 0 Å². The number of hydrogen-bond donors (Lipinski definition) is 0. The summed E-state index contributed by atoms with van der Waals surface area (Å²) < 4.78 is 0. The highest BCUT2D eigenvalue weighted by Gasteiger charge is 1.56. The van der Waals surface area contributed by atoms with Gasteiger partial charge in [0, 0.05) is 0 Å². The highest BCUT2D eigenvalue weighted by atomic mass is 31.0. The van der Waals surface area contributed by atoms with Crippen LogP contribution in [0.5, 0.6) is 0 Å². The van der Waals surface area contributed by atoms with Crippen LogP contribution in [-0.4, -0.2) is 6.16 Å². The van der Waals surface area contributed by atoms with Crippen molar-refractivity contribution in [1.82, 2.24) is 0 Å². The predicted octanol–water partition coefficient (Wildman–Crippen LogP) is 2.69. The van der Waals surface area contributed by atoms with Crippen LogP contribution in [0.15, 0.2) is 0 Å². The summed E-state index contributed by atoms with van der Waals surface area (Å²) in [6.45, 7) is 6.45. The number of unbranched alkanes of at least 4 members (excludes halogenated alkanes) is 1. The molecule has 0 nitrogen and oxygen atoms in total. The summed E-state index contributed by atoms with van der Waals surface area (Å²) in [7, 11) is 2.58. The summed E-state index contributed by atoms with van der Waals surface area (Å²) in [6.07, 6.45) is 3.81. The van der Waals surface area contributed by atoms with Crippen LogP contribution in [0.4, 0.5) is 0 Å². The van der Waals surface area contributed by atoms with E-state index in [0.717, 1.165) is 0 Å². The molecule has 0 bridgehead atoms. The maximum Gasteiger partial charge on any atom is -0.0410 e. The molecular formula is C6H17P. The van der Waals surface area contributed by atoms with Gasteiger partial charge in [0.15, 0.2) is 0 Å². The van der Waals surface area contributed by atoms with Gasteiger partial charge in [0.2, 0.25) is 0 Å². The Kier molecular flexibility index (Phi) is 24.0. The van der Waals surface area contributed by atoms with Gasteiger partial charge in [0.25, 0.3) is 0 Å². The molecule has 0 spiro atoms. The quantitative estimate of drug-likeness (QED) is 0.467. The minimum atomic E-state index is 1.17. The van der Waals surface area contributed by atoms with Crippen LogP contribution in [0.3, 0.4) is 0 Å². The second-order valence-electron chi connectivity index (χ2n) is 1.41. The standard InChI is InChI=1S/C4H10.C2H7P/c1-3-4-2;1-2-3/h3-4H2,1-2H3;2-3H2,1H3. The molecule has 0 aromatic heterocycles. The lowest BCUT2D eigenvalue weighted by Gasteiger charge is -1.68. The Hall–Kier alpha value is 0.430. The molecule has 46 valence electrons. The Labute approximate surface area is 49.9 Å². The zero-order valence-electron chi connectivity index (χ0n) is 5.70. The smallest absolute Gasteiger partial charge is 0.0410 e. The Morgan fingerprint density at radius 2 is 1.14 bits per heavy atom. The predicted molar refractivity (Wildman–Crippen MR) is 40.8 cm³/mol. The summed E-state index contributed by atoms with van der Waals surface area (Å²) >= 11 is 0. The third-order valence-corrected chi connectivity index (χ3v) is 0.500. The summed E-state index contributed by atoms with van der Waals surface area (Å²) in [6, 6.07) is 0. The van der Waals surface area contributed by atoms with Crippen LogP contribution in [0, 0.1) is 0 Å². The van der Waals surface area contributed by atoms with E-state index in [4.69, 9.17) is 0 Å². The van der Waals surface area contributed by atoms with Crippen LogP contribution >= 0.6 is 9.24 Å². The zero-order chi connectivity index (χ0) is 6.12. The lowest BCUT2D eigenvalue weighted by Crippen LogP contribution is -1.47. The molecule has 0 saturated carbocycles. The van der Waals surface area contributed by atoms with Gasteiger partial charge in [0.1, 0.15) is 0 Å². The van der Waals surface area contributed by atoms with E-state index >= 15 is 0 Å². The van der Waals surface area contributed by atoms with Gasteiger partial charge in [-0.2, -0.15) is 0 Å². The highest BCUT2D eigenvalue weighted by Crippen LogP contribution is 1.76. The van der Waals surface area contributed by atoms with Crippen LogP contribution in [-0.2, 0) is 0 Å². The van der Waals surface area contributed by atoms with Crippen LogP contribution < -0.4 is 0 Å². The fourth-order valence-corrected chi connectivity index (χ4v) is 0. The van der Waals surface area contributed by atoms with Crippen molar-refractivity contribution < 1.29 is 0 Å². The van der Waals surface area contributed by atoms with E-state index in [2.05, 4.69) is 30.0 Å². The third-order valence-electron chi connectivity index (χ3n) is 0.500. The van der Waals surface area contributed by atoms with Gasteiger partial charge in [-0.3, -0.25) is 0 Å². The molecule has 0 saturated heterocycles. The molecule has 1 heteroatoms. The van der Waals surface area contributed by atoms with E-state index in [0.29, 0.717) is 0 Å². The Morgan fingerprint density at radius 3 is 1.14 bits per heavy atom. The van der Waals surface area contributed by atoms with Gasteiger partial charge in [-0.05, 0) is 6.16 Å². The van der Waals surface area contributed by atoms with Gasteiger partial charge in [0.05, 0.1) is 0 Å². The Morgan fingerprint density at radius 1 is 1.00 bits per heavy atom. The van der Waals surface area contributed by atoms with Gasteiger partial charge >= 0.3 is 0 Å². The first-order valence-electron chi connectivity index (χ1n) is 3.03. The van der Waals surface area contributed by atoms with Crippen molar-refractivity contribution in [2.45, 2.75) is 33.6 Å². The monoisotopic (exact) mass is 120 g/mol. The average Bonchev–Trinajstić information content (AvgIpc) is 1.69. The van der Waals surface area contributed by atoms with Crippen molar-refractivity contribution in [2.75, 3.05) is 6.16 Å². The largest absolute Gasteiger partial charge is 0.138 e. The van der Waals surface area contributed by atoms with Gasteiger partial charge in [-0.25, -0.2) is 0 Å². The molecule has 0 aromatic carbocycles. The molecule has 1 atom stereocenters. The molecule has 7 heavy (non-hydrogen) atoms. The average molecular weight is 120 g/mol. The van der Waals surface area contributed by atoms with E-state index in [9.17, 15) is 0 Å². The maximum atomic E-state index is 2.58. The molecular weight excluding hydrogens is 103 g/mol. The van der Waals surface area contributed by atoms with E-state index in [-0.39, 0.29) is 0 Å². The number of hydrogen-bond acceptors (Lipinski definition) is 0. The molecule has 0 amide bonds. The molecule has 1 unspecified atom stereocenters. The second-order valence-corrected chi connectivity index (χ2v) is 2.22. The number of rotatable bonds is 1. The topological polar surface area (TPSA) is 0 Å². The van der Waals surface area contributed by atoms with Crippen LogP contribution in [0.2, 0.25) is 0 Å². The zero-order valence-corrected chi connectivity index (χ0v) is 6.85. The molecule has 0 radical (unpaired) electrons. The normalized spacial score (nSPS) is 6.86. The van der Waals surface area contributed by atoms with Crippen molar-refractivity contribution >= 4 is 9.24 Å². The van der Waals surface area contributed by atoms with E-state index in [1.165, 1.54) is 19.0 Å². The summed E-state index contributed by atoms with van der Waals surface area (Å²) in [5.41, 5.74) is 0. The highest BCUT2D eigenvalue weighted by molar-refractivity contribution is 7.16. The first kappa shape index (κ1) is 10.4. The lowest BCUT2D eigenvalue weighted by molar-refractivity contribution is 0.886. The van der Waals surface area contributed by atoms with Crippen LogP contribution in [0.1, 0.15) is 33.6 Å². The van der Waals surface area contributed by atoms with Crippen molar-refractivity contribution in [3.8, 4) is 0 Å². The molecule has 0 aliphatic rings. The van der Waals surface area contributed by atoms with E-state index < -0.39 is 0 Å². The summed E-state index contributed by atoms with van der Waals surface area (Å²) in [5.74, 6) is 0. The van der Waals surface area contributed by atoms with Gasteiger partial charge in [-0.1, -0.05) is 33.6 Å². The van der Waals surface area contributed by atoms with E-state index in [1.54, 1.807) is 0 Å². The SMILES string of the molecule is CCCC.CCP. The molecule has 0 aromatic rings. The summed E-state index contributed by atoms with van der Waals surface area (Å²) in [5, 5.41) is 0. The van der Waals surface area contributed by atoms with Gasteiger partial charge in [-0.15, -0.1) is 9.24 Å². The minimum absolute atomic E-state index is 1.17. The molecule has 0 heterocycles. The molecule has 0 aliphatic carbocycles. The minimum Gasteiger partial charge on any atom is -0.138 e. The first-order valence-corrected chi connectivity index (χ1v) is 3.85. The second kappa shape index (κ2) is 16.1. The first-order chi connectivity index (χ1) is 3.33.